The van der Waals surface area contributed by atoms with E-state index >= 15 is 0 Å². The molecule has 0 spiro atoms. The molecule has 0 atom stereocenters. The van der Waals surface area contributed by atoms with Crippen molar-refractivity contribution in [3.05, 3.63) is 28.8 Å². The molecule has 5 heteroatoms. The molecule has 126 valence electrons. The summed E-state index contributed by atoms with van der Waals surface area (Å²) in [5.41, 5.74) is 0.800. The summed E-state index contributed by atoms with van der Waals surface area (Å²) in [5.74, 6) is 1.02. The molecule has 1 N–H and O–H groups in total. The Balaban J connectivity index is 2.03. The number of carbonyl (C=O) groups is 1. The number of methoxy groups -OCH3 is 1. The topological polar surface area (TPSA) is 47.6 Å². The van der Waals surface area contributed by atoms with E-state index in [1.54, 1.807) is 31.4 Å². The molecule has 0 heterocycles. The van der Waals surface area contributed by atoms with Gasteiger partial charge in [-0.15, -0.1) is 0 Å². The highest BCUT2D eigenvalue weighted by atomic mass is 35.5. The quantitative estimate of drug-likeness (QED) is 0.791. The fourth-order valence-corrected chi connectivity index (χ4v) is 3.06. The Morgan fingerprint density at radius 1 is 1.35 bits per heavy atom. The molecular formula is C18H24ClNO3. The van der Waals surface area contributed by atoms with Crippen LogP contribution >= 0.6 is 11.6 Å². The Labute approximate surface area is 142 Å². The van der Waals surface area contributed by atoms with E-state index in [0.29, 0.717) is 29.2 Å². The van der Waals surface area contributed by atoms with Crippen molar-refractivity contribution in [3.8, 4) is 11.5 Å². The first-order chi connectivity index (χ1) is 11.1. The molecule has 1 fully saturated rings. The van der Waals surface area contributed by atoms with E-state index in [-0.39, 0.29) is 5.91 Å². The van der Waals surface area contributed by atoms with E-state index < -0.39 is 0 Å². The van der Waals surface area contributed by atoms with Crippen LogP contribution in [-0.2, 0) is 4.79 Å². The van der Waals surface area contributed by atoms with Crippen LogP contribution in [-0.4, -0.2) is 25.7 Å². The molecule has 4 nitrogen and oxygen atoms in total. The summed E-state index contributed by atoms with van der Waals surface area (Å²) in [6, 6.07) is 3.88. The summed E-state index contributed by atoms with van der Waals surface area (Å²) in [6.07, 6.45) is 9.08. The Morgan fingerprint density at radius 2 is 2.09 bits per heavy atom. The van der Waals surface area contributed by atoms with Crippen molar-refractivity contribution < 1.29 is 14.3 Å². The molecule has 23 heavy (non-hydrogen) atoms. The number of nitrogens with one attached hydrogen (secondary N) is 1. The van der Waals surface area contributed by atoms with E-state index in [1.807, 2.05) is 6.92 Å². The van der Waals surface area contributed by atoms with Gasteiger partial charge in [-0.1, -0.05) is 30.9 Å². The van der Waals surface area contributed by atoms with Crippen molar-refractivity contribution in [2.24, 2.45) is 0 Å². The minimum absolute atomic E-state index is 0.0686. The van der Waals surface area contributed by atoms with Crippen LogP contribution in [0.5, 0.6) is 11.5 Å². The van der Waals surface area contributed by atoms with Crippen LogP contribution in [0.4, 0.5) is 0 Å². The molecule has 1 amide bonds. The predicted octanol–water partition coefficient (Wildman–Crippen LogP) is 4.21. The second-order valence-electron chi connectivity index (χ2n) is 5.64. The molecule has 1 saturated carbocycles. The van der Waals surface area contributed by atoms with E-state index in [4.69, 9.17) is 21.1 Å². The number of hydrogen-bond acceptors (Lipinski definition) is 3. The SMILES string of the molecule is CCOc1c(Cl)cc(/C=C/C(=O)NC2CCCCC2)cc1OC. The minimum atomic E-state index is -0.0686. The van der Waals surface area contributed by atoms with Gasteiger partial charge in [-0.05, 0) is 43.5 Å². The minimum Gasteiger partial charge on any atom is -0.493 e. The summed E-state index contributed by atoms with van der Waals surface area (Å²) in [5, 5.41) is 3.52. The van der Waals surface area contributed by atoms with Crippen LogP contribution in [0.15, 0.2) is 18.2 Å². The molecular weight excluding hydrogens is 314 g/mol. The van der Waals surface area contributed by atoms with E-state index in [2.05, 4.69) is 5.32 Å². The maximum Gasteiger partial charge on any atom is 0.244 e. The lowest BCUT2D eigenvalue weighted by molar-refractivity contribution is -0.117. The smallest absolute Gasteiger partial charge is 0.244 e. The third kappa shape index (κ3) is 5.17. The van der Waals surface area contributed by atoms with Gasteiger partial charge in [0.1, 0.15) is 0 Å². The highest BCUT2D eigenvalue weighted by molar-refractivity contribution is 6.32. The average Bonchev–Trinajstić information content (AvgIpc) is 2.56. The second kappa shape index (κ2) is 8.82. The summed E-state index contributed by atoms with van der Waals surface area (Å²) >= 11 is 6.22. The zero-order chi connectivity index (χ0) is 16.7. The van der Waals surface area contributed by atoms with Gasteiger partial charge in [-0.25, -0.2) is 0 Å². The largest absolute Gasteiger partial charge is 0.493 e. The lowest BCUT2D eigenvalue weighted by atomic mass is 9.95. The van der Waals surface area contributed by atoms with Crippen LogP contribution in [0.1, 0.15) is 44.6 Å². The fourth-order valence-electron chi connectivity index (χ4n) is 2.79. The van der Waals surface area contributed by atoms with Crippen LogP contribution in [0, 0.1) is 0 Å². The molecule has 0 unspecified atom stereocenters. The lowest BCUT2D eigenvalue weighted by Crippen LogP contribution is -2.34. The van der Waals surface area contributed by atoms with Gasteiger partial charge < -0.3 is 14.8 Å². The normalized spacial score (nSPS) is 15.6. The zero-order valence-electron chi connectivity index (χ0n) is 13.7. The first kappa shape index (κ1) is 17.7. The molecule has 0 aliphatic heterocycles. The van der Waals surface area contributed by atoms with Crippen molar-refractivity contribution >= 4 is 23.6 Å². The number of hydrogen-bond donors (Lipinski definition) is 1. The number of benzene rings is 1. The van der Waals surface area contributed by atoms with Crippen LogP contribution in [0.3, 0.4) is 0 Å². The van der Waals surface area contributed by atoms with Gasteiger partial charge >= 0.3 is 0 Å². The highest BCUT2D eigenvalue weighted by Gasteiger charge is 2.14. The number of carbonyl (C=O) groups excluding carboxylic acids is 1. The van der Waals surface area contributed by atoms with Gasteiger partial charge in [-0.2, -0.15) is 0 Å². The van der Waals surface area contributed by atoms with Gasteiger partial charge in [0.05, 0.1) is 18.7 Å². The second-order valence-corrected chi connectivity index (χ2v) is 6.05. The number of amides is 1. The maximum atomic E-state index is 12.0. The number of ether oxygens (including phenoxy) is 2. The Kier molecular flexibility index (Phi) is 6.78. The molecule has 1 aliphatic rings. The average molecular weight is 338 g/mol. The maximum absolute atomic E-state index is 12.0. The molecule has 0 aromatic heterocycles. The van der Waals surface area contributed by atoms with Gasteiger partial charge in [0.25, 0.3) is 0 Å². The van der Waals surface area contributed by atoms with Crippen molar-refractivity contribution in [1.29, 1.82) is 0 Å². The summed E-state index contributed by atoms with van der Waals surface area (Å²) < 4.78 is 10.8. The first-order valence-electron chi connectivity index (χ1n) is 8.13. The van der Waals surface area contributed by atoms with E-state index in [0.717, 1.165) is 18.4 Å². The number of halogens is 1. The van der Waals surface area contributed by atoms with Crippen molar-refractivity contribution in [2.75, 3.05) is 13.7 Å². The third-order valence-corrected chi connectivity index (χ3v) is 4.20. The molecule has 1 aromatic carbocycles. The standard InChI is InChI=1S/C18H24ClNO3/c1-3-23-18-15(19)11-13(12-16(18)22-2)9-10-17(21)20-14-7-5-4-6-8-14/h9-12,14H,3-8H2,1-2H3,(H,20,21)/b10-9+. The molecule has 2 rings (SSSR count). The molecule has 0 radical (unpaired) electrons. The predicted molar refractivity (Wildman–Crippen MR) is 93.2 cm³/mol. The van der Waals surface area contributed by atoms with Gasteiger partial charge in [0.2, 0.25) is 5.91 Å². The monoisotopic (exact) mass is 337 g/mol. The van der Waals surface area contributed by atoms with Crippen LogP contribution in [0.25, 0.3) is 6.08 Å². The molecule has 0 saturated heterocycles. The molecule has 0 bridgehead atoms. The molecule has 1 aromatic rings. The first-order valence-corrected chi connectivity index (χ1v) is 8.50. The fraction of sp³-hybridized carbons (Fsp3) is 0.500. The Hall–Kier alpha value is -1.68. The Bertz CT molecular complexity index is 566. The van der Waals surface area contributed by atoms with E-state index in [9.17, 15) is 4.79 Å². The van der Waals surface area contributed by atoms with Gasteiger partial charge in [0, 0.05) is 12.1 Å². The van der Waals surface area contributed by atoms with Gasteiger partial charge in [0.15, 0.2) is 11.5 Å². The number of rotatable bonds is 6. The zero-order valence-corrected chi connectivity index (χ0v) is 14.5. The summed E-state index contributed by atoms with van der Waals surface area (Å²) in [4.78, 5) is 12.0. The van der Waals surface area contributed by atoms with Crippen molar-refractivity contribution in [1.82, 2.24) is 5.32 Å². The van der Waals surface area contributed by atoms with Crippen molar-refractivity contribution in [2.45, 2.75) is 45.1 Å². The van der Waals surface area contributed by atoms with Gasteiger partial charge in [-0.3, -0.25) is 4.79 Å². The summed E-state index contributed by atoms with van der Waals surface area (Å²) in [6.45, 7) is 2.40. The lowest BCUT2D eigenvalue weighted by Gasteiger charge is -2.21. The van der Waals surface area contributed by atoms with Crippen LogP contribution < -0.4 is 14.8 Å². The highest BCUT2D eigenvalue weighted by Crippen LogP contribution is 2.36. The van der Waals surface area contributed by atoms with Crippen LogP contribution in [0.2, 0.25) is 5.02 Å². The van der Waals surface area contributed by atoms with Crippen molar-refractivity contribution in [3.63, 3.8) is 0 Å². The summed E-state index contributed by atoms with van der Waals surface area (Å²) in [7, 11) is 1.57. The third-order valence-electron chi connectivity index (χ3n) is 3.92. The Morgan fingerprint density at radius 3 is 2.74 bits per heavy atom. The molecule has 1 aliphatic carbocycles. The van der Waals surface area contributed by atoms with E-state index in [1.165, 1.54) is 19.3 Å².